The number of hydrogen-bond donors (Lipinski definition) is 2. The summed E-state index contributed by atoms with van der Waals surface area (Å²) in [5, 5.41) is 6.68. The molecule has 0 aromatic heterocycles. The summed E-state index contributed by atoms with van der Waals surface area (Å²) in [6, 6.07) is 0.572. The highest BCUT2D eigenvalue weighted by molar-refractivity contribution is 4.60. The number of hydrogen-bond acceptors (Lipinski definition) is 3. The molecule has 0 aromatic carbocycles. The quantitative estimate of drug-likeness (QED) is 0.612. The zero-order valence-corrected chi connectivity index (χ0v) is 10.3. The summed E-state index contributed by atoms with van der Waals surface area (Å²) >= 11 is 0. The molecule has 2 N–H and O–H groups in total. The Kier molecular flexibility index (Phi) is 7.15. The van der Waals surface area contributed by atoms with Crippen LogP contribution in [0.3, 0.4) is 0 Å². The van der Waals surface area contributed by atoms with Crippen molar-refractivity contribution in [2.24, 2.45) is 0 Å². The van der Waals surface area contributed by atoms with Gasteiger partial charge in [0.15, 0.2) is 0 Å². The van der Waals surface area contributed by atoms with Crippen molar-refractivity contribution >= 4 is 0 Å². The molecular formula is C11H26N2O. The van der Waals surface area contributed by atoms with Gasteiger partial charge in [-0.3, -0.25) is 0 Å². The van der Waals surface area contributed by atoms with Crippen LogP contribution in [-0.2, 0) is 4.74 Å². The maximum absolute atomic E-state index is 5.57. The van der Waals surface area contributed by atoms with Crippen LogP contribution < -0.4 is 10.6 Å². The second kappa shape index (κ2) is 7.21. The maximum Gasteiger partial charge on any atom is 0.0599 e. The molecule has 0 unspecified atom stereocenters. The first kappa shape index (κ1) is 13.9. The summed E-state index contributed by atoms with van der Waals surface area (Å²) < 4.78 is 5.57. The monoisotopic (exact) mass is 202 g/mol. The SMILES string of the molecule is CC(C)NCCNCCOC(C)(C)C. The highest BCUT2D eigenvalue weighted by atomic mass is 16.5. The molecule has 0 fully saturated rings. The van der Waals surface area contributed by atoms with E-state index in [-0.39, 0.29) is 5.60 Å². The van der Waals surface area contributed by atoms with E-state index in [1.165, 1.54) is 0 Å². The van der Waals surface area contributed by atoms with Gasteiger partial charge in [-0.2, -0.15) is 0 Å². The van der Waals surface area contributed by atoms with E-state index in [2.05, 4.69) is 45.3 Å². The number of ether oxygens (including phenoxy) is 1. The lowest BCUT2D eigenvalue weighted by Gasteiger charge is -2.19. The molecule has 0 heterocycles. The Morgan fingerprint density at radius 1 is 1.07 bits per heavy atom. The first-order chi connectivity index (χ1) is 6.42. The van der Waals surface area contributed by atoms with E-state index in [0.29, 0.717) is 6.04 Å². The molecule has 0 aromatic rings. The van der Waals surface area contributed by atoms with Gasteiger partial charge in [0.2, 0.25) is 0 Å². The minimum absolute atomic E-state index is 0.0160. The van der Waals surface area contributed by atoms with Gasteiger partial charge in [-0.25, -0.2) is 0 Å². The predicted molar refractivity (Wildman–Crippen MR) is 61.7 cm³/mol. The lowest BCUT2D eigenvalue weighted by atomic mass is 10.2. The summed E-state index contributed by atoms with van der Waals surface area (Å²) in [6.07, 6.45) is 0. The highest BCUT2D eigenvalue weighted by Crippen LogP contribution is 2.04. The standard InChI is InChI=1S/C11H26N2O/c1-10(2)13-7-6-12-8-9-14-11(3,4)5/h10,12-13H,6-9H2,1-5H3. The molecule has 0 rings (SSSR count). The van der Waals surface area contributed by atoms with Gasteiger partial charge >= 0.3 is 0 Å². The molecule has 3 nitrogen and oxygen atoms in total. The first-order valence-electron chi connectivity index (χ1n) is 5.50. The Hall–Kier alpha value is -0.120. The van der Waals surface area contributed by atoms with Crippen molar-refractivity contribution in [2.45, 2.75) is 46.3 Å². The van der Waals surface area contributed by atoms with E-state index in [9.17, 15) is 0 Å². The van der Waals surface area contributed by atoms with Crippen molar-refractivity contribution in [3.63, 3.8) is 0 Å². The fraction of sp³-hybridized carbons (Fsp3) is 1.00. The van der Waals surface area contributed by atoms with Crippen LogP contribution >= 0.6 is 0 Å². The molecule has 86 valence electrons. The molecule has 3 heteroatoms. The molecular weight excluding hydrogens is 176 g/mol. The Labute approximate surface area is 88.6 Å². The van der Waals surface area contributed by atoms with E-state index >= 15 is 0 Å². The smallest absolute Gasteiger partial charge is 0.0599 e. The summed E-state index contributed by atoms with van der Waals surface area (Å²) in [6.45, 7) is 14.3. The van der Waals surface area contributed by atoms with Crippen molar-refractivity contribution < 1.29 is 4.74 Å². The van der Waals surface area contributed by atoms with Crippen LogP contribution in [0, 0.1) is 0 Å². The lowest BCUT2D eigenvalue weighted by Crippen LogP contribution is -2.34. The summed E-state index contributed by atoms with van der Waals surface area (Å²) in [4.78, 5) is 0. The minimum atomic E-state index is -0.0160. The van der Waals surface area contributed by atoms with Crippen molar-refractivity contribution in [1.82, 2.24) is 10.6 Å². The minimum Gasteiger partial charge on any atom is -0.375 e. The molecule has 0 radical (unpaired) electrons. The average Bonchev–Trinajstić information content (AvgIpc) is 2.00. The topological polar surface area (TPSA) is 33.3 Å². The van der Waals surface area contributed by atoms with Crippen LogP contribution in [0.25, 0.3) is 0 Å². The zero-order valence-electron chi connectivity index (χ0n) is 10.3. The van der Waals surface area contributed by atoms with Crippen molar-refractivity contribution in [1.29, 1.82) is 0 Å². The van der Waals surface area contributed by atoms with Gasteiger partial charge in [-0.1, -0.05) is 13.8 Å². The number of nitrogens with one attached hydrogen (secondary N) is 2. The van der Waals surface area contributed by atoms with Crippen LogP contribution in [-0.4, -0.2) is 37.9 Å². The highest BCUT2D eigenvalue weighted by Gasteiger charge is 2.08. The first-order valence-corrected chi connectivity index (χ1v) is 5.50. The van der Waals surface area contributed by atoms with Crippen molar-refractivity contribution in [2.75, 3.05) is 26.2 Å². The molecule has 0 bridgehead atoms. The molecule has 0 aliphatic heterocycles. The fourth-order valence-corrected chi connectivity index (χ4v) is 1.00. The molecule has 0 amide bonds. The van der Waals surface area contributed by atoms with Gasteiger partial charge in [-0.15, -0.1) is 0 Å². The average molecular weight is 202 g/mol. The van der Waals surface area contributed by atoms with E-state index in [0.717, 1.165) is 26.2 Å². The Balaban J connectivity index is 3.07. The third-order valence-electron chi connectivity index (χ3n) is 1.67. The van der Waals surface area contributed by atoms with Crippen LogP contribution in [0.15, 0.2) is 0 Å². The van der Waals surface area contributed by atoms with Gasteiger partial charge in [0.25, 0.3) is 0 Å². The van der Waals surface area contributed by atoms with E-state index < -0.39 is 0 Å². The van der Waals surface area contributed by atoms with Crippen molar-refractivity contribution in [3.05, 3.63) is 0 Å². The zero-order chi connectivity index (χ0) is 11.0. The van der Waals surface area contributed by atoms with Gasteiger partial charge in [0.05, 0.1) is 12.2 Å². The second-order valence-corrected chi connectivity index (χ2v) is 4.82. The second-order valence-electron chi connectivity index (χ2n) is 4.82. The fourth-order valence-electron chi connectivity index (χ4n) is 1.00. The predicted octanol–water partition coefficient (Wildman–Crippen LogP) is 1.39. The van der Waals surface area contributed by atoms with Crippen molar-refractivity contribution in [3.8, 4) is 0 Å². The summed E-state index contributed by atoms with van der Waals surface area (Å²) in [5.74, 6) is 0. The van der Waals surface area contributed by atoms with Crippen LogP contribution in [0.1, 0.15) is 34.6 Å². The third-order valence-corrected chi connectivity index (χ3v) is 1.67. The Bertz CT molecular complexity index is 130. The normalized spacial score (nSPS) is 12.4. The van der Waals surface area contributed by atoms with Gasteiger partial charge in [0.1, 0.15) is 0 Å². The number of rotatable bonds is 7. The molecule has 0 aliphatic rings. The molecule has 14 heavy (non-hydrogen) atoms. The van der Waals surface area contributed by atoms with E-state index in [4.69, 9.17) is 4.74 Å². The van der Waals surface area contributed by atoms with E-state index in [1.54, 1.807) is 0 Å². The largest absolute Gasteiger partial charge is 0.375 e. The molecule has 0 spiro atoms. The summed E-state index contributed by atoms with van der Waals surface area (Å²) in [7, 11) is 0. The Morgan fingerprint density at radius 2 is 1.71 bits per heavy atom. The van der Waals surface area contributed by atoms with Gasteiger partial charge in [0, 0.05) is 25.7 Å². The lowest BCUT2D eigenvalue weighted by molar-refractivity contribution is -0.000707. The Morgan fingerprint density at radius 3 is 2.21 bits per heavy atom. The summed E-state index contributed by atoms with van der Waals surface area (Å²) in [5.41, 5.74) is -0.0160. The van der Waals surface area contributed by atoms with Crippen LogP contribution in [0.5, 0.6) is 0 Å². The maximum atomic E-state index is 5.57. The molecule has 0 aliphatic carbocycles. The molecule has 0 saturated carbocycles. The van der Waals surface area contributed by atoms with Gasteiger partial charge in [-0.05, 0) is 20.8 Å². The van der Waals surface area contributed by atoms with Gasteiger partial charge < -0.3 is 15.4 Å². The van der Waals surface area contributed by atoms with Crippen LogP contribution in [0.2, 0.25) is 0 Å². The van der Waals surface area contributed by atoms with E-state index in [1.807, 2.05) is 0 Å². The third kappa shape index (κ3) is 11.9. The molecule has 0 saturated heterocycles. The van der Waals surface area contributed by atoms with Crippen LogP contribution in [0.4, 0.5) is 0 Å². The molecule has 0 atom stereocenters.